The summed E-state index contributed by atoms with van der Waals surface area (Å²) in [7, 11) is 3.26. The molecule has 0 aliphatic rings. The topological polar surface area (TPSA) is 68.8 Å². The van der Waals surface area contributed by atoms with Crippen LogP contribution in [0.25, 0.3) is 0 Å². The van der Waals surface area contributed by atoms with E-state index in [0.717, 1.165) is 23.5 Å². The van der Waals surface area contributed by atoms with E-state index in [2.05, 4.69) is 17.6 Å². The second kappa shape index (κ2) is 9.51. The van der Waals surface area contributed by atoms with Crippen molar-refractivity contribution in [1.82, 2.24) is 10.6 Å². The summed E-state index contributed by atoms with van der Waals surface area (Å²) in [4.78, 5) is 11.7. The molecule has 0 aliphatic carbocycles. The molecule has 1 amide bonds. The molecular formula is C19H32N2O4. The van der Waals surface area contributed by atoms with Crippen LogP contribution in [0.15, 0.2) is 18.2 Å². The van der Waals surface area contributed by atoms with Gasteiger partial charge in [0.2, 0.25) is 0 Å². The Balaban J connectivity index is 2.45. The van der Waals surface area contributed by atoms with E-state index < -0.39 is 11.7 Å². The van der Waals surface area contributed by atoms with Gasteiger partial charge in [-0.1, -0.05) is 6.07 Å². The fourth-order valence-electron chi connectivity index (χ4n) is 2.52. The number of carbonyl (C=O) groups is 1. The second-order valence-electron chi connectivity index (χ2n) is 7.25. The van der Waals surface area contributed by atoms with Crippen LogP contribution in [-0.2, 0) is 11.2 Å². The molecule has 6 heteroatoms. The molecule has 25 heavy (non-hydrogen) atoms. The Hall–Kier alpha value is -1.95. The standard InChI is InChI=1S/C19H32N2O4/c1-13(10-15-8-9-16(23-6)17(11-15)24-7)21-14(2)12-20-18(22)25-19(3,4)5/h8-9,11,13-14,21H,10,12H2,1-7H3,(H,20,22). The van der Waals surface area contributed by atoms with Gasteiger partial charge < -0.3 is 24.8 Å². The van der Waals surface area contributed by atoms with Crippen molar-refractivity contribution in [2.24, 2.45) is 0 Å². The van der Waals surface area contributed by atoms with Crippen molar-refractivity contribution in [3.63, 3.8) is 0 Å². The first-order chi connectivity index (χ1) is 11.6. The maximum atomic E-state index is 11.7. The molecule has 0 spiro atoms. The highest BCUT2D eigenvalue weighted by Crippen LogP contribution is 2.27. The molecule has 0 aliphatic heterocycles. The van der Waals surface area contributed by atoms with Gasteiger partial charge in [-0.2, -0.15) is 0 Å². The maximum absolute atomic E-state index is 11.7. The molecule has 1 aromatic carbocycles. The summed E-state index contributed by atoms with van der Waals surface area (Å²) in [5.74, 6) is 1.45. The number of ether oxygens (including phenoxy) is 3. The van der Waals surface area contributed by atoms with Crippen LogP contribution in [0.2, 0.25) is 0 Å². The van der Waals surface area contributed by atoms with Crippen molar-refractivity contribution >= 4 is 6.09 Å². The first kappa shape index (κ1) is 21.1. The van der Waals surface area contributed by atoms with Gasteiger partial charge in [-0.15, -0.1) is 0 Å². The van der Waals surface area contributed by atoms with E-state index in [4.69, 9.17) is 14.2 Å². The van der Waals surface area contributed by atoms with E-state index in [0.29, 0.717) is 6.54 Å². The van der Waals surface area contributed by atoms with Crippen LogP contribution in [0.4, 0.5) is 4.79 Å². The van der Waals surface area contributed by atoms with Gasteiger partial charge >= 0.3 is 6.09 Å². The zero-order valence-electron chi connectivity index (χ0n) is 16.4. The molecule has 0 saturated heterocycles. The highest BCUT2D eigenvalue weighted by atomic mass is 16.6. The van der Waals surface area contributed by atoms with E-state index in [1.165, 1.54) is 0 Å². The van der Waals surface area contributed by atoms with Crippen LogP contribution in [0.1, 0.15) is 40.2 Å². The number of carbonyl (C=O) groups excluding carboxylic acids is 1. The highest BCUT2D eigenvalue weighted by molar-refractivity contribution is 5.67. The first-order valence-corrected chi connectivity index (χ1v) is 8.58. The smallest absolute Gasteiger partial charge is 0.407 e. The summed E-state index contributed by atoms with van der Waals surface area (Å²) < 4.78 is 15.8. The summed E-state index contributed by atoms with van der Waals surface area (Å²) in [6.45, 7) is 10.2. The minimum atomic E-state index is -0.485. The van der Waals surface area contributed by atoms with Crippen molar-refractivity contribution in [3.05, 3.63) is 23.8 Å². The fraction of sp³-hybridized carbons (Fsp3) is 0.632. The van der Waals surface area contributed by atoms with Crippen molar-refractivity contribution in [2.45, 2.75) is 58.7 Å². The quantitative estimate of drug-likeness (QED) is 0.752. The van der Waals surface area contributed by atoms with Crippen molar-refractivity contribution in [1.29, 1.82) is 0 Å². The summed E-state index contributed by atoms with van der Waals surface area (Å²) in [6, 6.07) is 6.30. The van der Waals surface area contributed by atoms with E-state index in [9.17, 15) is 4.79 Å². The maximum Gasteiger partial charge on any atom is 0.407 e. The van der Waals surface area contributed by atoms with E-state index >= 15 is 0 Å². The lowest BCUT2D eigenvalue weighted by Gasteiger charge is -2.23. The Labute approximate surface area is 151 Å². The van der Waals surface area contributed by atoms with Crippen LogP contribution in [0.3, 0.4) is 0 Å². The SMILES string of the molecule is COc1ccc(CC(C)NC(C)CNC(=O)OC(C)(C)C)cc1OC. The fourth-order valence-corrected chi connectivity index (χ4v) is 2.52. The number of hydrogen-bond donors (Lipinski definition) is 2. The number of alkyl carbamates (subject to hydrolysis) is 1. The number of methoxy groups -OCH3 is 2. The van der Waals surface area contributed by atoms with Crippen LogP contribution in [0.5, 0.6) is 11.5 Å². The predicted octanol–water partition coefficient (Wildman–Crippen LogP) is 3.14. The third-order valence-corrected chi connectivity index (χ3v) is 3.51. The lowest BCUT2D eigenvalue weighted by molar-refractivity contribution is 0.0522. The van der Waals surface area contributed by atoms with E-state index in [1.54, 1.807) is 14.2 Å². The molecule has 0 bridgehead atoms. The number of hydrogen-bond acceptors (Lipinski definition) is 5. The van der Waals surface area contributed by atoms with E-state index in [-0.39, 0.29) is 12.1 Å². The molecule has 2 atom stereocenters. The van der Waals surface area contributed by atoms with Gasteiger partial charge in [0.1, 0.15) is 5.60 Å². The summed E-state index contributed by atoms with van der Waals surface area (Å²) >= 11 is 0. The Morgan fingerprint density at radius 3 is 2.28 bits per heavy atom. The third kappa shape index (κ3) is 8.12. The molecular weight excluding hydrogens is 320 g/mol. The highest BCUT2D eigenvalue weighted by Gasteiger charge is 2.17. The van der Waals surface area contributed by atoms with Crippen LogP contribution < -0.4 is 20.1 Å². The molecule has 2 N–H and O–H groups in total. The number of nitrogens with one attached hydrogen (secondary N) is 2. The van der Waals surface area contributed by atoms with Gasteiger partial charge in [0, 0.05) is 18.6 Å². The molecule has 0 heterocycles. The average molecular weight is 352 g/mol. The minimum absolute atomic E-state index is 0.127. The Kier molecular flexibility index (Phi) is 8.03. The minimum Gasteiger partial charge on any atom is -0.493 e. The Bertz CT molecular complexity index is 555. The molecule has 0 saturated carbocycles. The molecule has 2 unspecified atom stereocenters. The molecule has 1 rings (SSSR count). The van der Waals surface area contributed by atoms with Crippen LogP contribution in [-0.4, -0.2) is 44.5 Å². The molecule has 1 aromatic rings. The largest absolute Gasteiger partial charge is 0.493 e. The Morgan fingerprint density at radius 2 is 1.72 bits per heavy atom. The first-order valence-electron chi connectivity index (χ1n) is 8.58. The van der Waals surface area contributed by atoms with Crippen molar-refractivity contribution < 1.29 is 19.0 Å². The molecule has 142 valence electrons. The molecule has 6 nitrogen and oxygen atoms in total. The van der Waals surface area contributed by atoms with Gasteiger partial charge in [-0.3, -0.25) is 0 Å². The molecule has 0 radical (unpaired) electrons. The Morgan fingerprint density at radius 1 is 1.08 bits per heavy atom. The van der Waals surface area contributed by atoms with Crippen molar-refractivity contribution in [2.75, 3.05) is 20.8 Å². The second-order valence-corrected chi connectivity index (χ2v) is 7.25. The van der Waals surface area contributed by atoms with Gasteiger partial charge in [-0.25, -0.2) is 4.79 Å². The summed E-state index contributed by atoms with van der Waals surface area (Å²) in [6.07, 6.45) is 0.450. The lowest BCUT2D eigenvalue weighted by Crippen LogP contribution is -2.44. The summed E-state index contributed by atoms with van der Waals surface area (Å²) in [5, 5.41) is 6.25. The average Bonchev–Trinajstić information content (AvgIpc) is 2.51. The third-order valence-electron chi connectivity index (χ3n) is 3.51. The van der Waals surface area contributed by atoms with Gasteiger partial charge in [0.25, 0.3) is 0 Å². The molecule has 0 fully saturated rings. The van der Waals surface area contributed by atoms with Crippen LogP contribution >= 0.6 is 0 Å². The zero-order valence-corrected chi connectivity index (χ0v) is 16.4. The lowest BCUT2D eigenvalue weighted by atomic mass is 10.1. The number of benzene rings is 1. The molecule has 0 aromatic heterocycles. The normalized spacial score (nSPS) is 13.7. The predicted molar refractivity (Wildman–Crippen MR) is 99.5 cm³/mol. The number of amides is 1. The van der Waals surface area contributed by atoms with Gasteiger partial charge in [0.15, 0.2) is 11.5 Å². The summed E-state index contributed by atoms with van der Waals surface area (Å²) in [5.41, 5.74) is 0.673. The van der Waals surface area contributed by atoms with Gasteiger partial charge in [0.05, 0.1) is 14.2 Å². The number of rotatable bonds is 8. The van der Waals surface area contributed by atoms with Gasteiger partial charge in [-0.05, 0) is 58.7 Å². The van der Waals surface area contributed by atoms with Crippen molar-refractivity contribution in [3.8, 4) is 11.5 Å². The van der Waals surface area contributed by atoms with E-state index in [1.807, 2.05) is 45.9 Å². The monoisotopic (exact) mass is 352 g/mol. The van der Waals surface area contributed by atoms with Crippen LogP contribution in [0, 0.1) is 0 Å². The zero-order chi connectivity index (χ0) is 19.0.